The zero-order valence-electron chi connectivity index (χ0n) is 6.84. The molecule has 0 heterocycles. The van der Waals surface area contributed by atoms with Gasteiger partial charge in [-0.3, -0.25) is 0 Å². The molecule has 0 fully saturated rings. The van der Waals surface area contributed by atoms with Crippen LogP contribution in [-0.4, -0.2) is 8.42 Å². The molecule has 0 radical (unpaired) electrons. The average Bonchev–Trinajstić information content (AvgIpc) is 2.04. The predicted octanol–water partition coefficient (Wildman–Crippen LogP) is 0.177. The molecule has 0 spiro atoms. The Morgan fingerprint density at radius 1 is 1.15 bits per heavy atom. The molecule has 1 rings (SSSR count). The molecule has 13 heavy (non-hydrogen) atoms. The van der Waals surface area contributed by atoms with Gasteiger partial charge in [-0.25, -0.2) is 8.42 Å². The number of nitrogens with two attached hydrogens (primary N) is 2. The molecule has 4 nitrogen and oxygen atoms in total. The Morgan fingerprint density at radius 2 is 1.69 bits per heavy atom. The molecule has 0 aliphatic carbocycles. The molecule has 5 heteroatoms. The van der Waals surface area contributed by atoms with Crippen LogP contribution in [-0.2, 0) is 9.84 Å². The summed E-state index contributed by atoms with van der Waals surface area (Å²) in [4.78, 5) is 0.184. The van der Waals surface area contributed by atoms with Gasteiger partial charge < -0.3 is 11.5 Å². The van der Waals surface area contributed by atoms with Crippen molar-refractivity contribution in [1.29, 1.82) is 0 Å². The fourth-order valence-electron chi connectivity index (χ4n) is 0.857. The van der Waals surface area contributed by atoms with E-state index in [2.05, 4.69) is 0 Å². The summed E-state index contributed by atoms with van der Waals surface area (Å²) >= 11 is 0. The van der Waals surface area contributed by atoms with Gasteiger partial charge in [-0.2, -0.15) is 0 Å². The Hall–Kier alpha value is -1.49. The van der Waals surface area contributed by atoms with Gasteiger partial charge in [0.05, 0.1) is 10.3 Å². The van der Waals surface area contributed by atoms with E-state index >= 15 is 0 Å². The smallest absolute Gasteiger partial charge is 0.203 e. The molecule has 1 aromatic rings. The number of sulfone groups is 1. The highest BCUT2D eigenvalue weighted by Gasteiger charge is 2.09. The highest BCUT2D eigenvalue weighted by Crippen LogP contribution is 2.10. The maximum atomic E-state index is 11.4. The lowest BCUT2D eigenvalue weighted by molar-refractivity contribution is 0.604. The van der Waals surface area contributed by atoms with Crippen molar-refractivity contribution in [2.45, 2.75) is 4.90 Å². The molecule has 0 bridgehead atoms. The summed E-state index contributed by atoms with van der Waals surface area (Å²) in [6, 6.07) is 7.96. The minimum Gasteiger partial charge on any atom is -0.385 e. The molecule has 0 unspecified atom stereocenters. The molecule has 70 valence electrons. The zero-order chi connectivity index (χ0) is 9.90. The van der Waals surface area contributed by atoms with E-state index in [1.807, 2.05) is 0 Å². The second-order valence-corrected chi connectivity index (χ2v) is 4.27. The molecule has 0 amide bonds. The lowest BCUT2D eigenvalue weighted by Crippen LogP contribution is -2.11. The third kappa shape index (κ3) is 2.48. The largest absolute Gasteiger partial charge is 0.385 e. The minimum atomic E-state index is -3.47. The van der Waals surface area contributed by atoms with Crippen molar-refractivity contribution in [2.75, 3.05) is 0 Å². The molecule has 0 saturated heterocycles. The van der Waals surface area contributed by atoms with Gasteiger partial charge in [-0.1, -0.05) is 18.2 Å². The first kappa shape index (κ1) is 9.60. The van der Waals surface area contributed by atoms with E-state index in [9.17, 15) is 8.42 Å². The van der Waals surface area contributed by atoms with Crippen LogP contribution in [0.3, 0.4) is 0 Å². The fourth-order valence-corrected chi connectivity index (χ4v) is 1.89. The topological polar surface area (TPSA) is 86.2 Å². The molecule has 4 N–H and O–H groups in total. The van der Waals surface area contributed by atoms with Gasteiger partial charge in [-0.15, -0.1) is 0 Å². The summed E-state index contributed by atoms with van der Waals surface area (Å²) in [6.45, 7) is 0. The van der Waals surface area contributed by atoms with Gasteiger partial charge in [0.15, 0.2) is 0 Å². The van der Waals surface area contributed by atoms with Crippen molar-refractivity contribution in [1.82, 2.24) is 0 Å². The van der Waals surface area contributed by atoms with E-state index in [-0.39, 0.29) is 10.7 Å². The Morgan fingerprint density at radius 3 is 2.15 bits per heavy atom. The normalized spacial score (nSPS) is 10.8. The third-order valence-electron chi connectivity index (χ3n) is 1.36. The second-order valence-electron chi connectivity index (χ2n) is 2.48. The molecular weight excluding hydrogens is 188 g/mol. The first-order chi connectivity index (χ1) is 6.02. The van der Waals surface area contributed by atoms with Crippen molar-refractivity contribution < 1.29 is 8.42 Å². The van der Waals surface area contributed by atoms with Crippen molar-refractivity contribution in [3.63, 3.8) is 0 Å². The molecule has 0 atom stereocenters. The summed E-state index contributed by atoms with van der Waals surface area (Å²) in [5.74, 6) is -0.219. The van der Waals surface area contributed by atoms with Crippen molar-refractivity contribution in [3.8, 4) is 0 Å². The summed E-state index contributed by atoms with van der Waals surface area (Å²) in [5, 5.41) is 0.836. The molecule has 1 aromatic carbocycles. The van der Waals surface area contributed by atoms with Gasteiger partial charge in [0.25, 0.3) is 0 Å². The van der Waals surface area contributed by atoms with E-state index in [1.54, 1.807) is 18.2 Å². The van der Waals surface area contributed by atoms with Crippen molar-refractivity contribution >= 4 is 9.84 Å². The highest BCUT2D eigenvalue weighted by molar-refractivity contribution is 7.94. The van der Waals surface area contributed by atoms with Crippen molar-refractivity contribution in [3.05, 3.63) is 41.6 Å². The number of hydrogen-bond donors (Lipinski definition) is 2. The summed E-state index contributed by atoms with van der Waals surface area (Å²) in [6.07, 6.45) is 0. The van der Waals surface area contributed by atoms with Crippen LogP contribution in [0.25, 0.3) is 0 Å². The van der Waals surface area contributed by atoms with Crippen LogP contribution in [0.5, 0.6) is 0 Å². The zero-order valence-corrected chi connectivity index (χ0v) is 7.66. The SMILES string of the molecule is NC(N)=CS(=O)(=O)c1ccccc1. The first-order valence-corrected chi connectivity index (χ1v) is 5.10. The third-order valence-corrected chi connectivity index (χ3v) is 2.87. The average molecular weight is 198 g/mol. The Balaban J connectivity index is 3.18. The summed E-state index contributed by atoms with van der Waals surface area (Å²) < 4.78 is 22.8. The number of benzene rings is 1. The maximum absolute atomic E-state index is 11.4. The standard InChI is InChI=1S/C8H10N2O2S/c9-8(10)6-13(11,12)7-4-2-1-3-5-7/h1-6H,9-10H2. The van der Waals surface area contributed by atoms with Crippen LogP contribution in [0.4, 0.5) is 0 Å². The van der Waals surface area contributed by atoms with Gasteiger partial charge in [0, 0.05) is 0 Å². The Labute approximate surface area is 76.8 Å². The second kappa shape index (κ2) is 3.49. The fraction of sp³-hybridized carbons (Fsp3) is 0. The van der Waals surface area contributed by atoms with Crippen LogP contribution in [0.15, 0.2) is 46.5 Å². The molecular formula is C8H10N2O2S. The predicted molar refractivity (Wildman–Crippen MR) is 50.1 cm³/mol. The minimum absolute atomic E-state index is 0.184. The monoisotopic (exact) mass is 198 g/mol. The van der Waals surface area contributed by atoms with E-state index in [0.29, 0.717) is 0 Å². The van der Waals surface area contributed by atoms with E-state index in [1.165, 1.54) is 12.1 Å². The molecule has 0 aromatic heterocycles. The van der Waals surface area contributed by atoms with Gasteiger partial charge >= 0.3 is 0 Å². The van der Waals surface area contributed by atoms with Crippen LogP contribution >= 0.6 is 0 Å². The Bertz CT molecular complexity index is 405. The lowest BCUT2D eigenvalue weighted by Gasteiger charge is -1.98. The highest BCUT2D eigenvalue weighted by atomic mass is 32.2. The quantitative estimate of drug-likeness (QED) is 0.709. The summed E-state index contributed by atoms with van der Waals surface area (Å²) in [7, 11) is -3.47. The molecule has 0 aliphatic heterocycles. The van der Waals surface area contributed by atoms with Crippen LogP contribution in [0.1, 0.15) is 0 Å². The van der Waals surface area contributed by atoms with Gasteiger partial charge in [0.2, 0.25) is 9.84 Å². The van der Waals surface area contributed by atoms with E-state index in [4.69, 9.17) is 11.5 Å². The number of hydrogen-bond acceptors (Lipinski definition) is 4. The van der Waals surface area contributed by atoms with Crippen molar-refractivity contribution in [2.24, 2.45) is 11.5 Å². The maximum Gasteiger partial charge on any atom is 0.203 e. The summed E-state index contributed by atoms with van der Waals surface area (Å²) in [5.41, 5.74) is 10.2. The Kier molecular flexibility index (Phi) is 2.57. The van der Waals surface area contributed by atoms with Crippen LogP contribution in [0, 0.1) is 0 Å². The van der Waals surface area contributed by atoms with Gasteiger partial charge in [-0.05, 0) is 12.1 Å². The number of rotatable bonds is 2. The van der Waals surface area contributed by atoms with Gasteiger partial charge in [0.1, 0.15) is 5.82 Å². The van der Waals surface area contributed by atoms with Crippen LogP contribution < -0.4 is 11.5 Å². The van der Waals surface area contributed by atoms with E-state index < -0.39 is 9.84 Å². The first-order valence-electron chi connectivity index (χ1n) is 3.55. The molecule has 0 aliphatic rings. The van der Waals surface area contributed by atoms with E-state index in [0.717, 1.165) is 5.41 Å². The lowest BCUT2D eigenvalue weighted by atomic mass is 10.4. The molecule has 0 saturated carbocycles. The van der Waals surface area contributed by atoms with Crippen LogP contribution in [0.2, 0.25) is 0 Å².